The van der Waals surface area contributed by atoms with E-state index >= 15 is 0 Å². The number of hydrogen-bond acceptors (Lipinski definition) is 3. The topological polar surface area (TPSA) is 91.7 Å². The van der Waals surface area contributed by atoms with Crippen molar-refractivity contribution in [2.24, 2.45) is 0 Å². The number of anilines is 1. The number of nitrogens with one attached hydrogen (secondary N) is 4. The van der Waals surface area contributed by atoms with E-state index in [1.54, 1.807) is 6.92 Å². The van der Waals surface area contributed by atoms with E-state index in [-0.39, 0.29) is 36.9 Å². The Morgan fingerprint density at radius 3 is 2.58 bits per heavy atom. The van der Waals surface area contributed by atoms with Crippen LogP contribution in [0.4, 0.5) is 5.69 Å². The molecule has 4 N–H and O–H groups in total. The summed E-state index contributed by atoms with van der Waals surface area (Å²) in [5.41, 5.74) is 2.74. The Kier molecular flexibility index (Phi) is 5.92. The van der Waals surface area contributed by atoms with Crippen LogP contribution in [-0.4, -0.2) is 49.9 Å². The highest BCUT2D eigenvalue weighted by Crippen LogP contribution is 2.18. The molecular formula is C17H25N4O3+. The second kappa shape index (κ2) is 7.92. The fraction of sp³-hybridized carbons (Fsp3) is 0.471. The third-order valence-corrected chi connectivity index (χ3v) is 4.33. The molecule has 7 heteroatoms. The monoisotopic (exact) mass is 333 g/mol. The summed E-state index contributed by atoms with van der Waals surface area (Å²) in [6.45, 7) is 7.09. The minimum Gasteiger partial charge on any atom is -0.346 e. The third-order valence-electron chi connectivity index (χ3n) is 4.33. The van der Waals surface area contributed by atoms with Crippen molar-refractivity contribution >= 4 is 23.4 Å². The summed E-state index contributed by atoms with van der Waals surface area (Å²) in [5.74, 6) is -0.542. The van der Waals surface area contributed by atoms with Gasteiger partial charge in [-0.1, -0.05) is 18.2 Å². The Labute approximate surface area is 141 Å². The van der Waals surface area contributed by atoms with Gasteiger partial charge in [-0.25, -0.2) is 0 Å². The molecule has 1 aromatic carbocycles. The molecule has 2 rings (SSSR count). The number of amides is 3. The van der Waals surface area contributed by atoms with E-state index in [2.05, 4.69) is 16.0 Å². The van der Waals surface area contributed by atoms with Gasteiger partial charge in [-0.15, -0.1) is 0 Å². The van der Waals surface area contributed by atoms with Gasteiger partial charge in [0.2, 0.25) is 5.91 Å². The zero-order valence-electron chi connectivity index (χ0n) is 14.4. The maximum Gasteiger partial charge on any atom is 0.278 e. The van der Waals surface area contributed by atoms with Gasteiger partial charge in [0.1, 0.15) is 0 Å². The number of rotatable bonds is 5. The number of carbonyl (C=O) groups excluding carboxylic acids is 3. The van der Waals surface area contributed by atoms with E-state index in [0.29, 0.717) is 13.1 Å². The fourth-order valence-corrected chi connectivity index (χ4v) is 2.79. The lowest BCUT2D eigenvalue weighted by atomic mass is 10.1. The highest BCUT2D eigenvalue weighted by atomic mass is 16.2. The molecule has 2 atom stereocenters. The number of para-hydroxylation sites is 1. The van der Waals surface area contributed by atoms with Gasteiger partial charge in [-0.05, 0) is 31.9 Å². The van der Waals surface area contributed by atoms with Crippen molar-refractivity contribution in [3.63, 3.8) is 0 Å². The Balaban J connectivity index is 1.84. The Morgan fingerprint density at radius 2 is 1.96 bits per heavy atom. The zero-order chi connectivity index (χ0) is 17.7. The zero-order valence-corrected chi connectivity index (χ0v) is 14.4. The van der Waals surface area contributed by atoms with Gasteiger partial charge in [0.15, 0.2) is 12.6 Å². The average Bonchev–Trinajstić information content (AvgIpc) is 2.55. The molecule has 1 unspecified atom stereocenters. The van der Waals surface area contributed by atoms with E-state index in [1.165, 1.54) is 0 Å². The molecule has 0 aromatic heterocycles. The first kappa shape index (κ1) is 17.9. The van der Waals surface area contributed by atoms with E-state index in [9.17, 15) is 14.4 Å². The molecule has 1 aromatic rings. The molecule has 24 heavy (non-hydrogen) atoms. The predicted molar refractivity (Wildman–Crippen MR) is 90.7 cm³/mol. The second-order valence-electron chi connectivity index (χ2n) is 6.19. The number of aryl methyl sites for hydroxylation is 2. The quantitative estimate of drug-likeness (QED) is 0.543. The standard InChI is InChI=1S/C17H24N4O3/c1-11-5-4-6-12(2)16(11)20-14(22)9-19-17(24)13(3)21-8-7-18-15(23)10-21/h4-6,13H,7-10H2,1-3H3,(H,18,23)(H,19,24)(H,20,22)/p+1/t13-/m0/s1. The summed E-state index contributed by atoms with van der Waals surface area (Å²) >= 11 is 0. The smallest absolute Gasteiger partial charge is 0.278 e. The van der Waals surface area contributed by atoms with Crippen molar-refractivity contribution in [1.29, 1.82) is 0 Å². The molecule has 3 amide bonds. The van der Waals surface area contributed by atoms with Crippen molar-refractivity contribution in [1.82, 2.24) is 10.6 Å². The van der Waals surface area contributed by atoms with Crippen LogP contribution in [0.3, 0.4) is 0 Å². The first-order valence-corrected chi connectivity index (χ1v) is 8.13. The normalized spacial score (nSPS) is 18.5. The van der Waals surface area contributed by atoms with Crippen LogP contribution in [0.25, 0.3) is 0 Å². The van der Waals surface area contributed by atoms with Crippen LogP contribution >= 0.6 is 0 Å². The van der Waals surface area contributed by atoms with Crippen LogP contribution in [-0.2, 0) is 14.4 Å². The largest absolute Gasteiger partial charge is 0.346 e. The van der Waals surface area contributed by atoms with Crippen molar-refractivity contribution < 1.29 is 19.3 Å². The number of quaternary nitrogens is 1. The summed E-state index contributed by atoms with van der Waals surface area (Å²) in [6, 6.07) is 5.41. The number of benzene rings is 1. The summed E-state index contributed by atoms with van der Waals surface area (Å²) in [4.78, 5) is 36.6. The SMILES string of the molecule is Cc1cccc(C)c1NC(=O)CNC(=O)[C@H](C)[NH+]1CCNC(=O)C1. The van der Waals surface area contributed by atoms with Gasteiger partial charge in [0.25, 0.3) is 11.8 Å². The first-order chi connectivity index (χ1) is 11.4. The molecule has 1 fully saturated rings. The molecule has 0 aliphatic carbocycles. The van der Waals surface area contributed by atoms with Gasteiger partial charge in [0, 0.05) is 5.69 Å². The second-order valence-corrected chi connectivity index (χ2v) is 6.19. The first-order valence-electron chi connectivity index (χ1n) is 8.13. The van der Waals surface area contributed by atoms with Crippen LogP contribution < -0.4 is 20.9 Å². The van der Waals surface area contributed by atoms with Crippen LogP contribution in [0, 0.1) is 13.8 Å². The maximum absolute atomic E-state index is 12.2. The minimum absolute atomic E-state index is 0.0522. The predicted octanol–water partition coefficient (Wildman–Crippen LogP) is -1.24. The molecule has 7 nitrogen and oxygen atoms in total. The van der Waals surface area contributed by atoms with Crippen LogP contribution in [0.1, 0.15) is 18.1 Å². The van der Waals surface area contributed by atoms with E-state index < -0.39 is 0 Å². The summed E-state index contributed by atoms with van der Waals surface area (Å²) in [7, 11) is 0. The van der Waals surface area contributed by atoms with Crippen LogP contribution in [0.5, 0.6) is 0 Å². The lowest BCUT2D eigenvalue weighted by molar-refractivity contribution is -0.907. The molecule has 0 radical (unpaired) electrons. The minimum atomic E-state index is -0.371. The summed E-state index contributed by atoms with van der Waals surface area (Å²) in [6.07, 6.45) is 0. The third kappa shape index (κ3) is 4.55. The van der Waals surface area contributed by atoms with Gasteiger partial charge in [-0.3, -0.25) is 14.4 Å². The van der Waals surface area contributed by atoms with Gasteiger partial charge in [0.05, 0.1) is 19.6 Å². The Hall–Kier alpha value is -2.41. The average molecular weight is 333 g/mol. The number of hydrogen-bond donors (Lipinski definition) is 4. The molecule has 1 aliphatic rings. The Bertz CT molecular complexity index is 624. The van der Waals surface area contributed by atoms with E-state index in [0.717, 1.165) is 21.7 Å². The van der Waals surface area contributed by atoms with Crippen LogP contribution in [0.2, 0.25) is 0 Å². The number of piperazine rings is 1. The molecule has 0 spiro atoms. The van der Waals surface area contributed by atoms with Gasteiger partial charge >= 0.3 is 0 Å². The van der Waals surface area contributed by atoms with E-state index in [4.69, 9.17) is 0 Å². The maximum atomic E-state index is 12.2. The molecule has 0 saturated carbocycles. The lowest BCUT2D eigenvalue weighted by Gasteiger charge is -2.28. The highest BCUT2D eigenvalue weighted by molar-refractivity contribution is 5.96. The van der Waals surface area contributed by atoms with Crippen molar-refractivity contribution in [3.8, 4) is 0 Å². The fourth-order valence-electron chi connectivity index (χ4n) is 2.79. The molecule has 0 bridgehead atoms. The van der Waals surface area contributed by atoms with Gasteiger partial charge < -0.3 is 20.9 Å². The van der Waals surface area contributed by atoms with Crippen LogP contribution in [0.15, 0.2) is 18.2 Å². The molecule has 1 aliphatic heterocycles. The Morgan fingerprint density at radius 1 is 1.29 bits per heavy atom. The molecule has 130 valence electrons. The summed E-state index contributed by atoms with van der Waals surface area (Å²) < 4.78 is 0. The van der Waals surface area contributed by atoms with Crippen molar-refractivity contribution in [3.05, 3.63) is 29.3 Å². The van der Waals surface area contributed by atoms with Gasteiger partial charge in [-0.2, -0.15) is 0 Å². The molecule has 1 saturated heterocycles. The summed E-state index contributed by atoms with van der Waals surface area (Å²) in [5, 5.41) is 8.22. The number of carbonyl (C=O) groups is 3. The van der Waals surface area contributed by atoms with E-state index in [1.807, 2.05) is 32.0 Å². The van der Waals surface area contributed by atoms with Crippen molar-refractivity contribution in [2.75, 3.05) is 31.5 Å². The van der Waals surface area contributed by atoms with Crippen molar-refractivity contribution in [2.45, 2.75) is 26.8 Å². The highest BCUT2D eigenvalue weighted by Gasteiger charge is 2.29. The lowest BCUT2D eigenvalue weighted by Crippen LogP contribution is -3.19. The molecule has 1 heterocycles. The molecular weight excluding hydrogens is 308 g/mol.